The lowest BCUT2D eigenvalue weighted by Crippen LogP contribution is -2.30. The number of anilines is 1. The molecule has 146 valence electrons. The van der Waals surface area contributed by atoms with Crippen LogP contribution >= 0.6 is 22.9 Å². The quantitative estimate of drug-likeness (QED) is 0.451. The van der Waals surface area contributed by atoms with Crippen molar-refractivity contribution in [2.75, 3.05) is 11.4 Å². The molecular formula is C20H13ClF2N4OS. The van der Waals surface area contributed by atoms with Crippen LogP contribution in [0.3, 0.4) is 0 Å². The van der Waals surface area contributed by atoms with Gasteiger partial charge in [0.05, 0.1) is 27.7 Å². The number of benzene rings is 2. The molecule has 0 aliphatic carbocycles. The molecule has 2 aromatic heterocycles. The largest absolute Gasteiger partial charge is 0.345 e. The first-order chi connectivity index (χ1) is 14.0. The van der Waals surface area contributed by atoms with Crippen molar-refractivity contribution in [1.82, 2.24) is 15.3 Å². The molecule has 9 heteroatoms. The standard InChI is InChI=1S/C20H13ClF2N4OS/c21-18-4-3-17(29-18)10-5-12(22)19(13(23)6-10)16-8-24-20(28)27(16)11-1-2-14-15(7-11)26-9-25-14/h1-7,9,16H,8H2,(H,24,28)(H,25,26). The molecule has 0 saturated carbocycles. The lowest BCUT2D eigenvalue weighted by atomic mass is 10.0. The molecule has 1 unspecified atom stereocenters. The molecule has 29 heavy (non-hydrogen) atoms. The Kier molecular flexibility index (Phi) is 4.25. The van der Waals surface area contributed by atoms with Gasteiger partial charge < -0.3 is 10.3 Å². The van der Waals surface area contributed by atoms with Gasteiger partial charge in [-0.2, -0.15) is 0 Å². The summed E-state index contributed by atoms with van der Waals surface area (Å²) < 4.78 is 30.6. The number of amides is 2. The topological polar surface area (TPSA) is 61.0 Å². The van der Waals surface area contributed by atoms with Gasteiger partial charge in [-0.1, -0.05) is 11.6 Å². The monoisotopic (exact) mass is 430 g/mol. The van der Waals surface area contributed by atoms with E-state index in [1.807, 2.05) is 0 Å². The second kappa shape index (κ2) is 6.82. The van der Waals surface area contributed by atoms with Crippen molar-refractivity contribution >= 4 is 45.7 Å². The Hall–Kier alpha value is -2.97. The van der Waals surface area contributed by atoms with Gasteiger partial charge in [0.1, 0.15) is 11.6 Å². The number of carbonyl (C=O) groups is 1. The zero-order valence-corrected chi connectivity index (χ0v) is 16.3. The van der Waals surface area contributed by atoms with E-state index in [1.165, 1.54) is 28.4 Å². The Balaban J connectivity index is 1.57. The first kappa shape index (κ1) is 18.1. The molecule has 0 bridgehead atoms. The number of aromatic nitrogens is 2. The maximum Gasteiger partial charge on any atom is 0.322 e. The van der Waals surface area contributed by atoms with E-state index in [1.54, 1.807) is 36.7 Å². The highest BCUT2D eigenvalue weighted by Crippen LogP contribution is 2.38. The van der Waals surface area contributed by atoms with Gasteiger partial charge in [0.15, 0.2) is 0 Å². The van der Waals surface area contributed by atoms with E-state index in [-0.39, 0.29) is 12.1 Å². The van der Waals surface area contributed by atoms with Crippen LogP contribution in [0.15, 0.2) is 48.8 Å². The van der Waals surface area contributed by atoms with Crippen molar-refractivity contribution in [3.8, 4) is 10.4 Å². The number of nitrogens with one attached hydrogen (secondary N) is 2. The SMILES string of the molecule is O=C1NCC(c2c(F)cc(-c3ccc(Cl)s3)cc2F)N1c1ccc2[nH]cnc2c1. The van der Waals surface area contributed by atoms with E-state index < -0.39 is 23.7 Å². The highest BCUT2D eigenvalue weighted by atomic mass is 35.5. The number of H-pyrrole nitrogens is 1. The maximum absolute atomic E-state index is 15.0. The first-order valence-electron chi connectivity index (χ1n) is 8.76. The van der Waals surface area contributed by atoms with Gasteiger partial charge in [-0.3, -0.25) is 4.90 Å². The molecule has 2 amide bonds. The number of aromatic amines is 1. The molecule has 2 N–H and O–H groups in total. The third-order valence-electron chi connectivity index (χ3n) is 4.93. The molecule has 5 rings (SSSR count). The number of imidazole rings is 1. The van der Waals surface area contributed by atoms with Gasteiger partial charge in [0.25, 0.3) is 0 Å². The lowest BCUT2D eigenvalue weighted by molar-refractivity contribution is 0.251. The fourth-order valence-corrected chi connectivity index (χ4v) is 4.65. The van der Waals surface area contributed by atoms with Gasteiger partial charge >= 0.3 is 6.03 Å². The maximum atomic E-state index is 15.0. The number of fused-ring (bicyclic) bond motifs is 1. The number of carbonyl (C=O) groups excluding carboxylic acids is 1. The summed E-state index contributed by atoms with van der Waals surface area (Å²) in [6.45, 7) is 0.0927. The summed E-state index contributed by atoms with van der Waals surface area (Å²) in [4.78, 5) is 21.7. The highest BCUT2D eigenvalue weighted by Gasteiger charge is 2.37. The lowest BCUT2D eigenvalue weighted by Gasteiger charge is -2.24. The second-order valence-electron chi connectivity index (χ2n) is 6.63. The molecule has 1 saturated heterocycles. The van der Waals surface area contributed by atoms with Crippen LogP contribution in [0.5, 0.6) is 0 Å². The van der Waals surface area contributed by atoms with Gasteiger partial charge in [-0.25, -0.2) is 18.6 Å². The number of nitrogens with zero attached hydrogens (tertiary/aromatic N) is 2. The summed E-state index contributed by atoms with van der Waals surface area (Å²) >= 11 is 7.17. The van der Waals surface area contributed by atoms with Crippen molar-refractivity contribution in [2.24, 2.45) is 0 Å². The van der Waals surface area contributed by atoms with Crippen LogP contribution in [-0.4, -0.2) is 22.5 Å². The zero-order valence-electron chi connectivity index (χ0n) is 14.7. The molecule has 1 aliphatic heterocycles. The predicted molar refractivity (Wildman–Crippen MR) is 109 cm³/mol. The Morgan fingerprint density at radius 3 is 2.66 bits per heavy atom. The summed E-state index contributed by atoms with van der Waals surface area (Å²) in [5.41, 5.74) is 2.23. The molecule has 5 nitrogen and oxygen atoms in total. The molecular weight excluding hydrogens is 418 g/mol. The Morgan fingerprint density at radius 2 is 1.93 bits per heavy atom. The molecule has 1 fully saturated rings. The van der Waals surface area contributed by atoms with Crippen molar-refractivity contribution in [3.05, 3.63) is 70.3 Å². The zero-order chi connectivity index (χ0) is 20.1. The minimum absolute atomic E-state index is 0.0927. The molecule has 0 spiro atoms. The van der Waals surface area contributed by atoms with Crippen molar-refractivity contribution in [3.63, 3.8) is 0 Å². The van der Waals surface area contributed by atoms with Gasteiger partial charge in [-0.05, 0) is 48.0 Å². The van der Waals surface area contributed by atoms with E-state index in [2.05, 4.69) is 15.3 Å². The predicted octanol–water partition coefficient (Wildman–Crippen LogP) is 5.49. The minimum Gasteiger partial charge on any atom is -0.345 e. The highest BCUT2D eigenvalue weighted by molar-refractivity contribution is 7.19. The van der Waals surface area contributed by atoms with Gasteiger partial charge in [-0.15, -0.1) is 11.3 Å². The van der Waals surface area contributed by atoms with Crippen LogP contribution in [-0.2, 0) is 0 Å². The van der Waals surface area contributed by atoms with Crippen molar-refractivity contribution < 1.29 is 13.6 Å². The number of hydrogen-bond acceptors (Lipinski definition) is 3. The number of thiophene rings is 1. The Morgan fingerprint density at radius 1 is 1.14 bits per heavy atom. The first-order valence-corrected chi connectivity index (χ1v) is 9.95. The van der Waals surface area contributed by atoms with Crippen molar-refractivity contribution in [1.29, 1.82) is 0 Å². The summed E-state index contributed by atoms with van der Waals surface area (Å²) in [5, 5.41) is 2.67. The molecule has 4 aromatic rings. The number of rotatable bonds is 3. The van der Waals surface area contributed by atoms with Crippen LogP contribution in [0.25, 0.3) is 21.5 Å². The van der Waals surface area contributed by atoms with Crippen LogP contribution < -0.4 is 10.2 Å². The summed E-state index contributed by atoms with van der Waals surface area (Å²) in [7, 11) is 0. The van der Waals surface area contributed by atoms with Crippen LogP contribution in [0.2, 0.25) is 4.34 Å². The minimum atomic E-state index is -0.820. The number of halogens is 3. The second-order valence-corrected chi connectivity index (χ2v) is 8.35. The fourth-order valence-electron chi connectivity index (χ4n) is 3.61. The van der Waals surface area contributed by atoms with Gasteiger partial charge in [0, 0.05) is 22.7 Å². The summed E-state index contributed by atoms with van der Waals surface area (Å²) in [5.74, 6) is -1.42. The van der Waals surface area contributed by atoms with E-state index in [0.29, 0.717) is 26.0 Å². The third-order valence-corrected chi connectivity index (χ3v) is 6.21. The van der Waals surface area contributed by atoms with Crippen LogP contribution in [0.1, 0.15) is 11.6 Å². The van der Waals surface area contributed by atoms with E-state index >= 15 is 8.78 Å². The molecule has 3 heterocycles. The average Bonchev–Trinajstić information content (AvgIpc) is 3.40. The van der Waals surface area contributed by atoms with E-state index in [4.69, 9.17) is 11.6 Å². The molecule has 1 aliphatic rings. The molecule has 1 atom stereocenters. The van der Waals surface area contributed by atoms with Crippen molar-refractivity contribution in [2.45, 2.75) is 6.04 Å². The molecule has 0 radical (unpaired) electrons. The van der Waals surface area contributed by atoms with E-state index in [9.17, 15) is 4.79 Å². The number of hydrogen-bond donors (Lipinski definition) is 2. The Bertz CT molecular complexity index is 1230. The van der Waals surface area contributed by atoms with Crippen LogP contribution in [0, 0.1) is 11.6 Å². The average molecular weight is 431 g/mol. The molecule has 2 aromatic carbocycles. The van der Waals surface area contributed by atoms with E-state index in [0.717, 1.165) is 5.52 Å². The summed E-state index contributed by atoms with van der Waals surface area (Å²) in [6.07, 6.45) is 1.55. The number of urea groups is 1. The third kappa shape index (κ3) is 3.04. The smallest absolute Gasteiger partial charge is 0.322 e. The van der Waals surface area contributed by atoms with Crippen LogP contribution in [0.4, 0.5) is 19.3 Å². The Labute approximate surface area is 172 Å². The normalized spacial score (nSPS) is 16.6. The van der Waals surface area contributed by atoms with Gasteiger partial charge in [0.2, 0.25) is 0 Å². The fraction of sp³-hybridized carbons (Fsp3) is 0.100. The summed E-state index contributed by atoms with van der Waals surface area (Å²) in [6, 6.07) is 9.91.